The van der Waals surface area contributed by atoms with E-state index < -0.39 is 11.4 Å². The molecule has 1 aliphatic carbocycles. The summed E-state index contributed by atoms with van der Waals surface area (Å²) in [6.07, 6.45) is 5.71. The molecular formula is C13H21NO3. The van der Waals surface area contributed by atoms with E-state index in [1.165, 1.54) is 33.1 Å². The Morgan fingerprint density at radius 1 is 1.18 bits per heavy atom. The van der Waals surface area contributed by atoms with Crippen LogP contribution in [-0.2, 0) is 9.59 Å². The van der Waals surface area contributed by atoms with Crippen LogP contribution in [0.15, 0.2) is 0 Å². The maximum Gasteiger partial charge on any atom is 0.318 e. The van der Waals surface area contributed by atoms with E-state index in [4.69, 9.17) is 5.11 Å². The van der Waals surface area contributed by atoms with Crippen LogP contribution in [0.25, 0.3) is 0 Å². The SMILES string of the molecule is CC(C)(C(=O)O)C(=O)N1CCC2CCCCC21. The molecule has 96 valence electrons. The van der Waals surface area contributed by atoms with E-state index >= 15 is 0 Å². The second-order valence-corrected chi connectivity index (χ2v) is 5.83. The van der Waals surface area contributed by atoms with Gasteiger partial charge >= 0.3 is 5.97 Å². The number of hydrogen-bond acceptors (Lipinski definition) is 2. The molecule has 17 heavy (non-hydrogen) atoms. The van der Waals surface area contributed by atoms with Gasteiger partial charge in [0.15, 0.2) is 0 Å². The first-order valence-electron chi connectivity index (χ1n) is 6.49. The van der Waals surface area contributed by atoms with E-state index in [0.29, 0.717) is 12.0 Å². The molecule has 1 saturated heterocycles. The second-order valence-electron chi connectivity index (χ2n) is 5.83. The van der Waals surface area contributed by atoms with Crippen molar-refractivity contribution in [1.29, 1.82) is 0 Å². The minimum Gasteiger partial charge on any atom is -0.480 e. The summed E-state index contributed by atoms with van der Waals surface area (Å²) in [6, 6.07) is 0.301. The van der Waals surface area contributed by atoms with Gasteiger partial charge in [-0.2, -0.15) is 0 Å². The molecule has 2 fully saturated rings. The van der Waals surface area contributed by atoms with Crippen molar-refractivity contribution in [2.75, 3.05) is 6.54 Å². The van der Waals surface area contributed by atoms with E-state index in [1.54, 1.807) is 0 Å². The molecule has 0 aromatic carbocycles. The van der Waals surface area contributed by atoms with Crippen molar-refractivity contribution in [3.63, 3.8) is 0 Å². The lowest BCUT2D eigenvalue weighted by atomic mass is 9.84. The summed E-state index contributed by atoms with van der Waals surface area (Å²) < 4.78 is 0. The molecule has 2 aliphatic rings. The van der Waals surface area contributed by atoms with Crippen molar-refractivity contribution < 1.29 is 14.7 Å². The van der Waals surface area contributed by atoms with Crippen molar-refractivity contribution in [1.82, 2.24) is 4.90 Å². The Balaban J connectivity index is 2.13. The van der Waals surface area contributed by atoms with Crippen LogP contribution in [0, 0.1) is 11.3 Å². The number of aliphatic carboxylic acids is 1. The number of carboxylic acids is 1. The van der Waals surface area contributed by atoms with Gasteiger partial charge in [0.05, 0.1) is 0 Å². The number of hydrogen-bond donors (Lipinski definition) is 1. The Bertz CT molecular complexity index is 338. The number of likely N-dealkylation sites (tertiary alicyclic amines) is 1. The van der Waals surface area contributed by atoms with Crippen LogP contribution in [0.1, 0.15) is 46.0 Å². The molecule has 1 heterocycles. The molecule has 0 aromatic heterocycles. The van der Waals surface area contributed by atoms with E-state index in [0.717, 1.165) is 19.4 Å². The van der Waals surface area contributed by atoms with Gasteiger partial charge in [0.25, 0.3) is 0 Å². The highest BCUT2D eigenvalue weighted by Gasteiger charge is 2.45. The van der Waals surface area contributed by atoms with E-state index in [2.05, 4.69) is 0 Å². The monoisotopic (exact) mass is 239 g/mol. The first-order chi connectivity index (χ1) is 7.94. The molecule has 2 atom stereocenters. The molecule has 0 bridgehead atoms. The Morgan fingerprint density at radius 3 is 2.47 bits per heavy atom. The number of carbonyl (C=O) groups is 2. The standard InChI is InChI=1S/C13H21NO3/c1-13(2,12(16)17)11(15)14-8-7-9-5-3-4-6-10(9)14/h9-10H,3-8H2,1-2H3,(H,16,17). The highest BCUT2D eigenvalue weighted by Crippen LogP contribution is 2.38. The Morgan fingerprint density at radius 2 is 1.82 bits per heavy atom. The third-order valence-electron chi connectivity index (χ3n) is 4.34. The molecule has 4 heteroatoms. The molecule has 2 unspecified atom stereocenters. The highest BCUT2D eigenvalue weighted by molar-refractivity contribution is 6.01. The maximum absolute atomic E-state index is 12.3. The molecule has 1 aliphatic heterocycles. The van der Waals surface area contributed by atoms with Crippen LogP contribution in [0.5, 0.6) is 0 Å². The molecule has 1 saturated carbocycles. The van der Waals surface area contributed by atoms with E-state index in [1.807, 2.05) is 4.90 Å². The topological polar surface area (TPSA) is 57.6 Å². The molecule has 0 spiro atoms. The Kier molecular flexibility index (Phi) is 3.15. The summed E-state index contributed by atoms with van der Waals surface area (Å²) in [5.74, 6) is -0.626. The van der Waals surface area contributed by atoms with Gasteiger partial charge in [0, 0.05) is 12.6 Å². The molecule has 0 radical (unpaired) electrons. The normalized spacial score (nSPS) is 28.9. The number of amides is 1. The van der Waals surface area contributed by atoms with Crippen molar-refractivity contribution in [2.45, 2.75) is 52.0 Å². The van der Waals surface area contributed by atoms with E-state index in [9.17, 15) is 9.59 Å². The van der Waals surface area contributed by atoms with Crippen LogP contribution in [0.4, 0.5) is 0 Å². The van der Waals surface area contributed by atoms with Gasteiger partial charge in [-0.05, 0) is 39.0 Å². The van der Waals surface area contributed by atoms with Crippen LogP contribution in [0.2, 0.25) is 0 Å². The zero-order valence-corrected chi connectivity index (χ0v) is 10.6. The predicted molar refractivity (Wildman–Crippen MR) is 63.5 cm³/mol. The summed E-state index contributed by atoms with van der Waals surface area (Å²) >= 11 is 0. The maximum atomic E-state index is 12.3. The fraction of sp³-hybridized carbons (Fsp3) is 0.846. The number of carboxylic acid groups (broad SMARTS) is 1. The lowest BCUT2D eigenvalue weighted by molar-refractivity contribution is -0.159. The Labute approximate surface area is 102 Å². The van der Waals surface area contributed by atoms with Gasteiger partial charge in [0.2, 0.25) is 5.91 Å². The van der Waals surface area contributed by atoms with Crippen LogP contribution in [-0.4, -0.2) is 34.5 Å². The minimum atomic E-state index is -1.29. The van der Waals surface area contributed by atoms with Crippen LogP contribution >= 0.6 is 0 Å². The summed E-state index contributed by atoms with van der Waals surface area (Å²) in [5, 5.41) is 9.12. The number of rotatable bonds is 2. The van der Waals surface area contributed by atoms with Gasteiger partial charge in [-0.15, -0.1) is 0 Å². The van der Waals surface area contributed by atoms with Gasteiger partial charge in [-0.1, -0.05) is 12.8 Å². The third kappa shape index (κ3) is 2.05. The van der Waals surface area contributed by atoms with Gasteiger partial charge in [0.1, 0.15) is 5.41 Å². The van der Waals surface area contributed by atoms with Gasteiger partial charge in [-0.25, -0.2) is 0 Å². The zero-order valence-electron chi connectivity index (χ0n) is 10.6. The van der Waals surface area contributed by atoms with Crippen LogP contribution < -0.4 is 0 Å². The quantitative estimate of drug-likeness (QED) is 0.749. The fourth-order valence-electron chi connectivity index (χ4n) is 3.11. The highest BCUT2D eigenvalue weighted by atomic mass is 16.4. The molecule has 0 aromatic rings. The molecule has 2 rings (SSSR count). The predicted octanol–water partition coefficient (Wildman–Crippen LogP) is 1.89. The largest absolute Gasteiger partial charge is 0.480 e. The molecule has 1 N–H and O–H groups in total. The van der Waals surface area contributed by atoms with Crippen molar-refractivity contribution in [3.8, 4) is 0 Å². The van der Waals surface area contributed by atoms with Crippen molar-refractivity contribution in [2.24, 2.45) is 11.3 Å². The summed E-state index contributed by atoms with van der Waals surface area (Å²) in [4.78, 5) is 25.3. The molecule has 1 amide bonds. The molecular weight excluding hydrogens is 218 g/mol. The lowest BCUT2D eigenvalue weighted by Crippen LogP contribution is -2.48. The average molecular weight is 239 g/mol. The number of carbonyl (C=O) groups excluding carboxylic acids is 1. The zero-order chi connectivity index (χ0) is 12.6. The average Bonchev–Trinajstić information content (AvgIpc) is 2.71. The van der Waals surface area contributed by atoms with Crippen molar-refractivity contribution in [3.05, 3.63) is 0 Å². The molecule has 4 nitrogen and oxygen atoms in total. The summed E-state index contributed by atoms with van der Waals surface area (Å²) in [5.41, 5.74) is -1.29. The van der Waals surface area contributed by atoms with Gasteiger partial charge in [-0.3, -0.25) is 9.59 Å². The smallest absolute Gasteiger partial charge is 0.318 e. The first kappa shape index (κ1) is 12.4. The summed E-state index contributed by atoms with van der Waals surface area (Å²) in [7, 11) is 0. The second kappa shape index (κ2) is 4.31. The van der Waals surface area contributed by atoms with E-state index in [-0.39, 0.29) is 5.91 Å². The summed E-state index contributed by atoms with van der Waals surface area (Å²) in [6.45, 7) is 3.76. The first-order valence-corrected chi connectivity index (χ1v) is 6.49. The van der Waals surface area contributed by atoms with Gasteiger partial charge < -0.3 is 10.0 Å². The third-order valence-corrected chi connectivity index (χ3v) is 4.34. The minimum absolute atomic E-state index is 0.209. The number of fused-ring (bicyclic) bond motifs is 1. The van der Waals surface area contributed by atoms with Crippen LogP contribution in [0.3, 0.4) is 0 Å². The van der Waals surface area contributed by atoms with Crippen molar-refractivity contribution >= 4 is 11.9 Å². The lowest BCUT2D eigenvalue weighted by Gasteiger charge is -2.35. The number of nitrogens with zero attached hydrogens (tertiary/aromatic N) is 1. The fourth-order valence-corrected chi connectivity index (χ4v) is 3.11. The Hall–Kier alpha value is -1.06.